The normalized spacial score (nSPS) is 12.7. The van der Waals surface area contributed by atoms with Crippen molar-refractivity contribution < 1.29 is 14.3 Å². The van der Waals surface area contributed by atoms with E-state index in [2.05, 4.69) is 5.32 Å². The number of nitrogens with zero attached hydrogens (tertiary/aromatic N) is 1. The molecule has 2 rings (SSSR count). The first-order valence-corrected chi connectivity index (χ1v) is 10.2. The van der Waals surface area contributed by atoms with Gasteiger partial charge in [0.2, 0.25) is 11.8 Å². The summed E-state index contributed by atoms with van der Waals surface area (Å²) < 4.78 is 5.20. The van der Waals surface area contributed by atoms with Crippen molar-refractivity contribution in [3.05, 3.63) is 64.7 Å². The van der Waals surface area contributed by atoms with Crippen LogP contribution in [0.25, 0.3) is 0 Å². The molecule has 0 heterocycles. The molecule has 156 valence electrons. The van der Waals surface area contributed by atoms with E-state index in [1.165, 1.54) is 0 Å². The molecule has 0 bridgehead atoms. The molecule has 2 amide bonds. The van der Waals surface area contributed by atoms with Gasteiger partial charge in [-0.2, -0.15) is 0 Å². The van der Waals surface area contributed by atoms with E-state index in [-0.39, 0.29) is 24.3 Å². The second-order valence-corrected chi connectivity index (χ2v) is 7.54. The second kappa shape index (κ2) is 10.9. The van der Waals surface area contributed by atoms with Crippen molar-refractivity contribution in [3.63, 3.8) is 0 Å². The minimum absolute atomic E-state index is 0.0476. The number of carbonyl (C=O) groups excluding carboxylic acids is 2. The van der Waals surface area contributed by atoms with Crippen LogP contribution in [0.5, 0.6) is 5.75 Å². The molecule has 0 aliphatic carbocycles. The summed E-state index contributed by atoms with van der Waals surface area (Å²) in [5.74, 6) is 0.423. The molecule has 0 saturated carbocycles. The molecule has 0 unspecified atom stereocenters. The quantitative estimate of drug-likeness (QED) is 0.665. The predicted molar refractivity (Wildman–Crippen MR) is 116 cm³/mol. The van der Waals surface area contributed by atoms with Crippen molar-refractivity contribution in [2.24, 2.45) is 0 Å². The highest BCUT2D eigenvalue weighted by molar-refractivity contribution is 6.31. The summed E-state index contributed by atoms with van der Waals surface area (Å²) in [6.45, 7) is 6.03. The van der Waals surface area contributed by atoms with Gasteiger partial charge >= 0.3 is 0 Å². The molecule has 2 aromatic rings. The number of amides is 2. The van der Waals surface area contributed by atoms with E-state index in [0.29, 0.717) is 11.6 Å². The van der Waals surface area contributed by atoms with Crippen LogP contribution in [0.4, 0.5) is 0 Å². The highest BCUT2D eigenvalue weighted by atomic mass is 35.5. The summed E-state index contributed by atoms with van der Waals surface area (Å²) in [6, 6.07) is 14.2. The Morgan fingerprint density at radius 3 is 2.34 bits per heavy atom. The second-order valence-electron chi connectivity index (χ2n) is 7.13. The van der Waals surface area contributed by atoms with Crippen LogP contribution in [0.1, 0.15) is 38.3 Å². The van der Waals surface area contributed by atoms with Crippen molar-refractivity contribution >= 4 is 23.4 Å². The fourth-order valence-electron chi connectivity index (χ4n) is 2.88. The highest BCUT2D eigenvalue weighted by Crippen LogP contribution is 2.19. The number of benzene rings is 2. The van der Waals surface area contributed by atoms with E-state index < -0.39 is 6.04 Å². The summed E-state index contributed by atoms with van der Waals surface area (Å²) in [7, 11) is 1.61. The molecule has 0 aromatic heterocycles. The van der Waals surface area contributed by atoms with E-state index in [4.69, 9.17) is 16.3 Å². The molecule has 0 spiro atoms. The monoisotopic (exact) mass is 416 g/mol. The number of hydrogen-bond acceptors (Lipinski definition) is 3. The van der Waals surface area contributed by atoms with Gasteiger partial charge in [-0.3, -0.25) is 9.59 Å². The maximum Gasteiger partial charge on any atom is 0.242 e. The molecule has 0 aliphatic rings. The molecule has 5 nitrogen and oxygen atoms in total. The Morgan fingerprint density at radius 1 is 1.10 bits per heavy atom. The Bertz CT molecular complexity index is 823. The van der Waals surface area contributed by atoms with Crippen molar-refractivity contribution in [3.8, 4) is 5.75 Å². The first-order chi connectivity index (χ1) is 13.8. The van der Waals surface area contributed by atoms with Gasteiger partial charge in [0.15, 0.2) is 0 Å². The minimum atomic E-state index is -0.610. The van der Waals surface area contributed by atoms with Crippen LogP contribution in [-0.2, 0) is 22.6 Å². The summed E-state index contributed by atoms with van der Waals surface area (Å²) in [4.78, 5) is 27.5. The smallest absolute Gasteiger partial charge is 0.242 e. The lowest BCUT2D eigenvalue weighted by atomic mass is 10.1. The van der Waals surface area contributed by atoms with Gasteiger partial charge in [-0.05, 0) is 49.6 Å². The maximum atomic E-state index is 13.2. The minimum Gasteiger partial charge on any atom is -0.497 e. The number of ether oxygens (including phenoxy) is 1. The molecule has 6 heteroatoms. The first-order valence-electron chi connectivity index (χ1n) is 9.81. The lowest BCUT2D eigenvalue weighted by molar-refractivity contribution is -0.140. The van der Waals surface area contributed by atoms with Gasteiger partial charge in [-0.1, -0.05) is 48.9 Å². The Morgan fingerprint density at radius 2 is 1.76 bits per heavy atom. The van der Waals surface area contributed by atoms with E-state index in [1.807, 2.05) is 56.3 Å². The maximum absolute atomic E-state index is 13.2. The molecule has 29 heavy (non-hydrogen) atoms. The van der Waals surface area contributed by atoms with Crippen LogP contribution < -0.4 is 10.1 Å². The average molecular weight is 417 g/mol. The summed E-state index contributed by atoms with van der Waals surface area (Å²) in [5, 5.41) is 3.51. The van der Waals surface area contributed by atoms with Crippen LogP contribution >= 0.6 is 11.6 Å². The summed E-state index contributed by atoms with van der Waals surface area (Å²) >= 11 is 6.23. The third-order valence-corrected chi connectivity index (χ3v) is 5.35. The Balaban J connectivity index is 2.24. The average Bonchev–Trinajstić information content (AvgIpc) is 2.73. The van der Waals surface area contributed by atoms with Crippen LogP contribution in [-0.4, -0.2) is 35.9 Å². The zero-order chi connectivity index (χ0) is 21.4. The van der Waals surface area contributed by atoms with Crippen LogP contribution in [0.15, 0.2) is 48.5 Å². The number of rotatable bonds is 9. The van der Waals surface area contributed by atoms with Gasteiger partial charge in [-0.25, -0.2) is 0 Å². The van der Waals surface area contributed by atoms with Crippen LogP contribution in [0.3, 0.4) is 0 Å². The Hall–Kier alpha value is -2.53. The number of carbonyl (C=O) groups is 2. The van der Waals surface area contributed by atoms with Crippen molar-refractivity contribution in [1.82, 2.24) is 10.2 Å². The third-order valence-electron chi connectivity index (χ3n) is 4.98. The predicted octanol–water partition coefficient (Wildman–Crippen LogP) is 4.22. The van der Waals surface area contributed by atoms with Gasteiger partial charge in [0, 0.05) is 17.6 Å². The zero-order valence-corrected chi connectivity index (χ0v) is 18.2. The Labute approximate surface area is 178 Å². The fourth-order valence-corrected chi connectivity index (χ4v) is 3.08. The molecular formula is C23H29ClN2O3. The number of halogens is 1. The van der Waals surface area contributed by atoms with Gasteiger partial charge in [0.05, 0.1) is 13.5 Å². The molecule has 0 aliphatic heterocycles. The van der Waals surface area contributed by atoms with Crippen molar-refractivity contribution in [1.29, 1.82) is 0 Å². The lowest BCUT2D eigenvalue weighted by Crippen LogP contribution is -2.49. The summed E-state index contributed by atoms with van der Waals surface area (Å²) in [6.07, 6.45) is 0.960. The van der Waals surface area contributed by atoms with Gasteiger partial charge in [0.1, 0.15) is 11.8 Å². The Kier molecular flexibility index (Phi) is 8.52. The van der Waals surface area contributed by atoms with E-state index >= 15 is 0 Å². The topological polar surface area (TPSA) is 58.6 Å². The first kappa shape index (κ1) is 22.8. The van der Waals surface area contributed by atoms with E-state index in [0.717, 1.165) is 23.3 Å². The number of hydrogen-bond donors (Lipinski definition) is 1. The standard InChI is InChI=1S/C23H29ClN2O3/c1-5-16(2)25-23(28)17(3)26(15-18-10-12-20(29-4)13-11-18)22(27)14-19-8-6-7-9-21(19)24/h6-13,16-17H,5,14-15H2,1-4H3,(H,25,28)/t16-,17+/m0/s1. The molecule has 2 atom stereocenters. The largest absolute Gasteiger partial charge is 0.497 e. The number of methoxy groups -OCH3 is 1. The fraction of sp³-hybridized carbons (Fsp3) is 0.391. The lowest BCUT2D eigenvalue weighted by Gasteiger charge is -2.30. The van der Waals surface area contributed by atoms with Crippen LogP contribution in [0.2, 0.25) is 5.02 Å². The molecule has 1 N–H and O–H groups in total. The van der Waals surface area contributed by atoms with E-state index in [9.17, 15) is 9.59 Å². The van der Waals surface area contributed by atoms with E-state index in [1.54, 1.807) is 25.0 Å². The van der Waals surface area contributed by atoms with Crippen molar-refractivity contribution in [2.75, 3.05) is 7.11 Å². The van der Waals surface area contributed by atoms with Gasteiger partial charge in [-0.15, -0.1) is 0 Å². The molecule has 0 saturated heterocycles. The van der Waals surface area contributed by atoms with Gasteiger partial charge < -0.3 is 15.0 Å². The third kappa shape index (κ3) is 6.50. The molecule has 0 radical (unpaired) electrons. The molecule has 0 fully saturated rings. The summed E-state index contributed by atoms with van der Waals surface area (Å²) in [5.41, 5.74) is 1.66. The molecular weight excluding hydrogens is 388 g/mol. The van der Waals surface area contributed by atoms with Crippen LogP contribution in [0, 0.1) is 0 Å². The highest BCUT2D eigenvalue weighted by Gasteiger charge is 2.27. The molecule has 2 aromatic carbocycles. The van der Waals surface area contributed by atoms with Gasteiger partial charge in [0.25, 0.3) is 0 Å². The van der Waals surface area contributed by atoms with Crippen molar-refractivity contribution in [2.45, 2.75) is 52.2 Å². The SMILES string of the molecule is CC[C@H](C)NC(=O)[C@@H](C)N(Cc1ccc(OC)cc1)C(=O)Cc1ccccc1Cl. The number of nitrogens with one attached hydrogen (secondary N) is 1. The zero-order valence-electron chi connectivity index (χ0n) is 17.4.